The third-order valence-corrected chi connectivity index (χ3v) is 4.17. The van der Waals surface area contributed by atoms with Crippen LogP contribution < -0.4 is 10.2 Å². The number of carbonyl (C=O) groups excluding carboxylic acids is 1. The Labute approximate surface area is 153 Å². The van der Waals surface area contributed by atoms with Crippen molar-refractivity contribution in [1.82, 2.24) is 9.97 Å². The number of nitrogens with zero attached hydrogens (tertiary/aromatic N) is 3. The molecule has 3 rings (SSSR count). The number of amides is 1. The van der Waals surface area contributed by atoms with E-state index >= 15 is 0 Å². The van der Waals surface area contributed by atoms with Gasteiger partial charge >= 0.3 is 0 Å². The van der Waals surface area contributed by atoms with E-state index in [2.05, 4.69) is 22.2 Å². The summed E-state index contributed by atoms with van der Waals surface area (Å²) in [5.74, 6) is 0.254. The highest BCUT2D eigenvalue weighted by atomic mass is 16.1. The minimum atomic E-state index is -0.237. The van der Waals surface area contributed by atoms with Crippen molar-refractivity contribution in [2.24, 2.45) is 0 Å². The monoisotopic (exact) mass is 346 g/mol. The summed E-state index contributed by atoms with van der Waals surface area (Å²) in [4.78, 5) is 23.5. The number of carbonyl (C=O) groups is 1. The first kappa shape index (κ1) is 17.6. The molecule has 5 nitrogen and oxygen atoms in total. The van der Waals surface area contributed by atoms with E-state index in [-0.39, 0.29) is 5.91 Å². The average molecular weight is 346 g/mol. The van der Waals surface area contributed by atoms with Crippen molar-refractivity contribution in [2.45, 2.75) is 20.3 Å². The summed E-state index contributed by atoms with van der Waals surface area (Å²) < 4.78 is 0. The lowest BCUT2D eigenvalue weighted by Crippen LogP contribution is -2.19. The number of anilines is 3. The van der Waals surface area contributed by atoms with Crippen LogP contribution in [0.2, 0.25) is 0 Å². The molecule has 0 saturated heterocycles. The highest BCUT2D eigenvalue weighted by Gasteiger charge is 2.15. The Morgan fingerprint density at radius 1 is 1.04 bits per heavy atom. The van der Waals surface area contributed by atoms with Gasteiger partial charge in [-0.3, -0.25) is 4.79 Å². The van der Waals surface area contributed by atoms with Gasteiger partial charge in [0.1, 0.15) is 5.69 Å². The number of aromatic nitrogens is 2. The second-order valence-corrected chi connectivity index (χ2v) is 6.05. The predicted molar refractivity (Wildman–Crippen MR) is 105 cm³/mol. The summed E-state index contributed by atoms with van der Waals surface area (Å²) in [6, 6.07) is 19.3. The van der Waals surface area contributed by atoms with Crippen molar-refractivity contribution < 1.29 is 4.79 Å². The van der Waals surface area contributed by atoms with E-state index in [4.69, 9.17) is 0 Å². The molecular weight excluding hydrogens is 324 g/mol. The summed E-state index contributed by atoms with van der Waals surface area (Å²) >= 11 is 0. The average Bonchev–Trinajstić information content (AvgIpc) is 2.68. The zero-order valence-corrected chi connectivity index (χ0v) is 15.2. The second kappa shape index (κ2) is 7.78. The first-order valence-corrected chi connectivity index (χ1v) is 8.62. The van der Waals surface area contributed by atoms with E-state index in [1.807, 2.05) is 73.5 Å². The SMILES string of the molecule is CCc1ccccc1NC(=O)c1cc(C)nc(N(C)c2ccccc2)n1. The Morgan fingerprint density at radius 3 is 2.46 bits per heavy atom. The Hall–Kier alpha value is -3.21. The summed E-state index contributed by atoms with van der Waals surface area (Å²) in [6.45, 7) is 3.92. The Balaban J connectivity index is 1.88. The van der Waals surface area contributed by atoms with Gasteiger partial charge in [-0.2, -0.15) is 0 Å². The lowest BCUT2D eigenvalue weighted by molar-refractivity contribution is 0.102. The number of hydrogen-bond acceptors (Lipinski definition) is 4. The summed E-state index contributed by atoms with van der Waals surface area (Å²) in [6.07, 6.45) is 0.848. The lowest BCUT2D eigenvalue weighted by Gasteiger charge is -2.18. The van der Waals surface area contributed by atoms with E-state index < -0.39 is 0 Å². The minimum Gasteiger partial charge on any atom is -0.320 e. The summed E-state index contributed by atoms with van der Waals surface area (Å²) in [5, 5.41) is 2.96. The molecule has 1 heterocycles. The van der Waals surface area contributed by atoms with Gasteiger partial charge in [0, 0.05) is 24.1 Å². The summed E-state index contributed by atoms with van der Waals surface area (Å²) in [7, 11) is 1.89. The van der Waals surface area contributed by atoms with Gasteiger partial charge in [0.15, 0.2) is 0 Å². The molecule has 2 aromatic carbocycles. The molecular formula is C21H22N4O. The molecule has 26 heavy (non-hydrogen) atoms. The first-order chi connectivity index (χ1) is 12.6. The van der Waals surface area contributed by atoms with Crippen LogP contribution in [0.25, 0.3) is 0 Å². The molecule has 0 aliphatic carbocycles. The molecule has 132 valence electrons. The molecule has 0 spiro atoms. The second-order valence-electron chi connectivity index (χ2n) is 6.05. The number of nitrogens with one attached hydrogen (secondary N) is 1. The van der Waals surface area contributed by atoms with Gasteiger partial charge in [-0.25, -0.2) is 9.97 Å². The molecule has 0 bridgehead atoms. The quantitative estimate of drug-likeness (QED) is 0.745. The summed E-state index contributed by atoms with van der Waals surface area (Å²) in [5.41, 5.74) is 3.95. The molecule has 0 saturated carbocycles. The van der Waals surface area contributed by atoms with Gasteiger partial charge in [0.2, 0.25) is 5.95 Å². The third-order valence-electron chi connectivity index (χ3n) is 4.17. The largest absolute Gasteiger partial charge is 0.320 e. The van der Waals surface area contributed by atoms with E-state index in [9.17, 15) is 4.79 Å². The minimum absolute atomic E-state index is 0.237. The van der Waals surface area contributed by atoms with Gasteiger partial charge in [0.05, 0.1) is 0 Å². The first-order valence-electron chi connectivity index (χ1n) is 8.62. The predicted octanol–water partition coefficient (Wildman–Crippen LogP) is 4.37. The number of aryl methyl sites for hydroxylation is 2. The Kier molecular flexibility index (Phi) is 5.27. The molecule has 0 atom stereocenters. The molecule has 5 heteroatoms. The van der Waals surface area contributed by atoms with Crippen molar-refractivity contribution in [3.05, 3.63) is 77.6 Å². The number of rotatable bonds is 5. The molecule has 0 aliphatic heterocycles. The van der Waals surface area contributed by atoms with E-state index in [1.165, 1.54) is 0 Å². The highest BCUT2D eigenvalue weighted by molar-refractivity contribution is 6.03. The van der Waals surface area contributed by atoms with Crippen LogP contribution in [0.5, 0.6) is 0 Å². The van der Waals surface area contributed by atoms with Crippen LogP contribution in [0, 0.1) is 6.92 Å². The normalized spacial score (nSPS) is 10.4. The zero-order chi connectivity index (χ0) is 18.5. The van der Waals surface area contributed by atoms with Crippen molar-refractivity contribution in [3.8, 4) is 0 Å². The van der Waals surface area contributed by atoms with Crippen LogP contribution in [0.15, 0.2) is 60.7 Å². The number of benzene rings is 2. The third kappa shape index (κ3) is 3.88. The maximum atomic E-state index is 12.7. The van der Waals surface area contributed by atoms with Crippen molar-refractivity contribution >= 4 is 23.2 Å². The van der Waals surface area contributed by atoms with Crippen LogP contribution >= 0.6 is 0 Å². The lowest BCUT2D eigenvalue weighted by atomic mass is 10.1. The standard InChI is InChI=1S/C21H22N4O/c1-4-16-10-8-9-13-18(16)23-20(26)19-14-15(2)22-21(24-19)25(3)17-11-6-5-7-12-17/h5-14H,4H2,1-3H3,(H,23,26). The molecule has 0 aliphatic rings. The molecule has 1 aromatic heterocycles. The molecule has 0 fully saturated rings. The van der Waals surface area contributed by atoms with E-state index in [0.29, 0.717) is 11.6 Å². The Bertz CT molecular complexity index is 909. The fourth-order valence-corrected chi connectivity index (χ4v) is 2.72. The highest BCUT2D eigenvalue weighted by Crippen LogP contribution is 2.21. The fraction of sp³-hybridized carbons (Fsp3) is 0.190. The molecule has 1 N–H and O–H groups in total. The molecule has 0 unspecified atom stereocenters. The van der Waals surface area contributed by atoms with Crippen LogP contribution in [0.4, 0.5) is 17.3 Å². The van der Waals surface area contributed by atoms with Gasteiger partial charge in [-0.15, -0.1) is 0 Å². The fourth-order valence-electron chi connectivity index (χ4n) is 2.72. The van der Waals surface area contributed by atoms with Crippen LogP contribution in [-0.2, 0) is 6.42 Å². The van der Waals surface area contributed by atoms with Gasteiger partial charge in [-0.1, -0.05) is 43.3 Å². The maximum absolute atomic E-state index is 12.7. The van der Waals surface area contributed by atoms with Crippen LogP contribution in [-0.4, -0.2) is 22.9 Å². The number of para-hydroxylation sites is 2. The maximum Gasteiger partial charge on any atom is 0.274 e. The van der Waals surface area contributed by atoms with E-state index in [1.54, 1.807) is 6.07 Å². The van der Waals surface area contributed by atoms with Crippen molar-refractivity contribution in [1.29, 1.82) is 0 Å². The smallest absolute Gasteiger partial charge is 0.274 e. The van der Waals surface area contributed by atoms with Gasteiger partial charge < -0.3 is 10.2 Å². The van der Waals surface area contributed by atoms with Gasteiger partial charge in [0.25, 0.3) is 5.91 Å². The Morgan fingerprint density at radius 2 is 1.73 bits per heavy atom. The number of hydrogen-bond donors (Lipinski definition) is 1. The zero-order valence-electron chi connectivity index (χ0n) is 15.2. The molecule has 1 amide bonds. The molecule has 3 aromatic rings. The molecule has 0 radical (unpaired) electrons. The van der Waals surface area contributed by atoms with E-state index in [0.717, 1.165) is 29.1 Å². The topological polar surface area (TPSA) is 58.1 Å². The van der Waals surface area contributed by atoms with Crippen LogP contribution in [0.1, 0.15) is 28.7 Å². The van der Waals surface area contributed by atoms with Crippen LogP contribution in [0.3, 0.4) is 0 Å². The van der Waals surface area contributed by atoms with Crippen molar-refractivity contribution in [2.75, 3.05) is 17.3 Å². The van der Waals surface area contributed by atoms with Crippen molar-refractivity contribution in [3.63, 3.8) is 0 Å². The van der Waals surface area contributed by atoms with Gasteiger partial charge in [-0.05, 0) is 43.2 Å².